The van der Waals surface area contributed by atoms with Gasteiger partial charge >= 0.3 is 6.18 Å². The zero-order valence-electron chi connectivity index (χ0n) is 14.7. The molecule has 0 aromatic heterocycles. The highest BCUT2D eigenvalue weighted by Gasteiger charge is 2.36. The molecule has 0 bridgehead atoms. The van der Waals surface area contributed by atoms with Gasteiger partial charge in [0.2, 0.25) is 5.91 Å². The molecule has 134 valence electrons. The van der Waals surface area contributed by atoms with Crippen molar-refractivity contribution in [1.29, 1.82) is 0 Å². The molecular formula is C18H25F3N2O. The van der Waals surface area contributed by atoms with Gasteiger partial charge in [-0.2, -0.15) is 13.2 Å². The van der Waals surface area contributed by atoms with Crippen molar-refractivity contribution in [1.82, 2.24) is 4.90 Å². The largest absolute Gasteiger partial charge is 0.416 e. The van der Waals surface area contributed by atoms with E-state index in [1.165, 1.54) is 12.1 Å². The number of halogens is 3. The monoisotopic (exact) mass is 342 g/mol. The second-order valence-electron chi connectivity index (χ2n) is 7.20. The SMILES string of the molecule is CCC(=O)N1CCN(c2ccc(C(F)(F)F)c(C(C)(C)C)c2)CC1. The van der Waals surface area contributed by atoms with E-state index in [-0.39, 0.29) is 5.91 Å². The minimum Gasteiger partial charge on any atom is -0.368 e. The number of hydrogen-bond donors (Lipinski definition) is 0. The number of piperazine rings is 1. The van der Waals surface area contributed by atoms with E-state index in [0.717, 1.165) is 5.69 Å². The standard InChI is InChI=1S/C18H25F3N2O/c1-5-16(24)23-10-8-22(9-11-23)13-6-7-14(18(19,20)21)15(12-13)17(2,3)4/h6-7,12H,5,8-11H2,1-4H3. The number of anilines is 1. The average Bonchev–Trinajstić information content (AvgIpc) is 2.52. The maximum atomic E-state index is 13.3. The Balaban J connectivity index is 2.26. The Kier molecular flexibility index (Phi) is 5.16. The van der Waals surface area contributed by atoms with E-state index in [1.807, 2.05) is 11.8 Å². The van der Waals surface area contributed by atoms with Gasteiger partial charge in [0, 0.05) is 38.3 Å². The fourth-order valence-electron chi connectivity index (χ4n) is 3.03. The number of hydrogen-bond acceptors (Lipinski definition) is 2. The second-order valence-corrected chi connectivity index (χ2v) is 7.20. The molecule has 1 aliphatic rings. The van der Waals surface area contributed by atoms with E-state index in [4.69, 9.17) is 0 Å². The van der Waals surface area contributed by atoms with Crippen molar-refractivity contribution in [2.24, 2.45) is 0 Å². The molecule has 0 radical (unpaired) electrons. The number of rotatable bonds is 2. The lowest BCUT2D eigenvalue weighted by Gasteiger charge is -2.37. The van der Waals surface area contributed by atoms with E-state index < -0.39 is 17.2 Å². The van der Waals surface area contributed by atoms with Gasteiger partial charge in [-0.25, -0.2) is 0 Å². The predicted molar refractivity (Wildman–Crippen MR) is 89.2 cm³/mol. The number of nitrogens with zero attached hydrogens (tertiary/aromatic N) is 2. The van der Waals surface area contributed by atoms with Crippen LogP contribution in [0.1, 0.15) is 45.2 Å². The Morgan fingerprint density at radius 3 is 2.08 bits per heavy atom. The topological polar surface area (TPSA) is 23.6 Å². The normalized spacial score (nSPS) is 16.5. The first kappa shape index (κ1) is 18.6. The third-order valence-electron chi connectivity index (χ3n) is 4.42. The van der Waals surface area contributed by atoms with Crippen molar-refractivity contribution in [3.63, 3.8) is 0 Å². The van der Waals surface area contributed by atoms with Crippen LogP contribution in [0.4, 0.5) is 18.9 Å². The minimum absolute atomic E-state index is 0.123. The first-order valence-corrected chi connectivity index (χ1v) is 8.28. The van der Waals surface area contributed by atoms with Crippen LogP contribution in [0.3, 0.4) is 0 Å². The summed E-state index contributed by atoms with van der Waals surface area (Å²) in [7, 11) is 0. The van der Waals surface area contributed by atoms with Gasteiger partial charge < -0.3 is 9.80 Å². The van der Waals surface area contributed by atoms with Gasteiger partial charge in [0.15, 0.2) is 0 Å². The molecule has 0 atom stereocenters. The summed E-state index contributed by atoms with van der Waals surface area (Å²) in [6, 6.07) is 4.37. The van der Waals surface area contributed by atoms with Crippen LogP contribution in [0, 0.1) is 0 Å². The third-order valence-corrected chi connectivity index (χ3v) is 4.42. The Hall–Kier alpha value is -1.72. The number of carbonyl (C=O) groups excluding carboxylic acids is 1. The van der Waals surface area contributed by atoms with E-state index in [1.54, 1.807) is 26.8 Å². The third kappa shape index (κ3) is 4.02. The van der Waals surface area contributed by atoms with Gasteiger partial charge in [-0.1, -0.05) is 27.7 Å². The molecule has 1 amide bonds. The first-order valence-electron chi connectivity index (χ1n) is 8.28. The molecule has 0 saturated carbocycles. The van der Waals surface area contributed by atoms with E-state index >= 15 is 0 Å². The maximum absolute atomic E-state index is 13.3. The molecule has 1 heterocycles. The molecule has 2 rings (SSSR count). The lowest BCUT2D eigenvalue weighted by atomic mass is 9.83. The summed E-state index contributed by atoms with van der Waals surface area (Å²) < 4.78 is 39.8. The zero-order valence-corrected chi connectivity index (χ0v) is 14.7. The quantitative estimate of drug-likeness (QED) is 0.809. The van der Waals surface area contributed by atoms with Crippen LogP contribution in [0.2, 0.25) is 0 Å². The summed E-state index contributed by atoms with van der Waals surface area (Å²) in [5, 5.41) is 0. The van der Waals surface area contributed by atoms with Crippen LogP contribution in [-0.4, -0.2) is 37.0 Å². The summed E-state index contributed by atoms with van der Waals surface area (Å²) in [5.41, 5.74) is -0.0736. The number of amides is 1. The highest BCUT2D eigenvalue weighted by Crippen LogP contribution is 2.39. The van der Waals surface area contributed by atoms with Crippen molar-refractivity contribution in [3.8, 4) is 0 Å². The second kappa shape index (κ2) is 6.65. The maximum Gasteiger partial charge on any atom is 0.416 e. The van der Waals surface area contributed by atoms with Crippen LogP contribution >= 0.6 is 0 Å². The fourth-order valence-corrected chi connectivity index (χ4v) is 3.03. The molecule has 1 aromatic rings. The lowest BCUT2D eigenvalue weighted by Crippen LogP contribution is -2.48. The molecule has 1 saturated heterocycles. The number of alkyl halides is 3. The summed E-state index contributed by atoms with van der Waals surface area (Å²) in [6.07, 6.45) is -3.87. The zero-order chi connectivity index (χ0) is 18.1. The average molecular weight is 342 g/mol. The molecule has 6 heteroatoms. The highest BCUT2D eigenvalue weighted by molar-refractivity contribution is 5.76. The molecule has 0 aliphatic carbocycles. The Labute approximate surface area is 141 Å². The molecule has 0 spiro atoms. The molecular weight excluding hydrogens is 317 g/mol. The predicted octanol–water partition coefficient (Wildman–Crippen LogP) is 4.06. The highest BCUT2D eigenvalue weighted by atomic mass is 19.4. The van der Waals surface area contributed by atoms with Gasteiger partial charge in [0.25, 0.3) is 0 Å². The van der Waals surface area contributed by atoms with Crippen LogP contribution < -0.4 is 4.90 Å². The molecule has 1 aliphatic heterocycles. The van der Waals surface area contributed by atoms with Crippen molar-refractivity contribution < 1.29 is 18.0 Å². The summed E-state index contributed by atoms with van der Waals surface area (Å²) in [6.45, 7) is 9.70. The van der Waals surface area contributed by atoms with Crippen LogP contribution in [0.25, 0.3) is 0 Å². The van der Waals surface area contributed by atoms with Gasteiger partial charge in [-0.3, -0.25) is 4.79 Å². The van der Waals surface area contributed by atoms with E-state index in [9.17, 15) is 18.0 Å². The Morgan fingerprint density at radius 1 is 1.04 bits per heavy atom. The van der Waals surface area contributed by atoms with E-state index in [0.29, 0.717) is 38.2 Å². The summed E-state index contributed by atoms with van der Waals surface area (Å²) >= 11 is 0. The van der Waals surface area contributed by atoms with Gasteiger partial charge in [-0.15, -0.1) is 0 Å². The number of carbonyl (C=O) groups is 1. The minimum atomic E-state index is -4.35. The Morgan fingerprint density at radius 2 is 1.62 bits per heavy atom. The molecule has 3 nitrogen and oxygen atoms in total. The molecule has 0 unspecified atom stereocenters. The van der Waals surface area contributed by atoms with Gasteiger partial charge in [0.05, 0.1) is 5.56 Å². The van der Waals surface area contributed by atoms with Gasteiger partial charge in [0.1, 0.15) is 0 Å². The molecule has 24 heavy (non-hydrogen) atoms. The van der Waals surface area contributed by atoms with E-state index in [2.05, 4.69) is 4.90 Å². The molecule has 0 N–H and O–H groups in total. The molecule has 1 aromatic carbocycles. The first-order chi connectivity index (χ1) is 11.0. The fraction of sp³-hybridized carbons (Fsp3) is 0.611. The Bertz CT molecular complexity index is 597. The smallest absolute Gasteiger partial charge is 0.368 e. The molecule has 1 fully saturated rings. The van der Waals surface area contributed by atoms with Crippen LogP contribution in [0.5, 0.6) is 0 Å². The van der Waals surface area contributed by atoms with Gasteiger partial charge in [-0.05, 0) is 29.2 Å². The lowest BCUT2D eigenvalue weighted by molar-refractivity contribution is -0.138. The van der Waals surface area contributed by atoms with Crippen LogP contribution in [-0.2, 0) is 16.4 Å². The van der Waals surface area contributed by atoms with Crippen molar-refractivity contribution >= 4 is 11.6 Å². The summed E-state index contributed by atoms with van der Waals surface area (Å²) in [5.74, 6) is 0.123. The number of benzene rings is 1. The van der Waals surface area contributed by atoms with Crippen molar-refractivity contribution in [3.05, 3.63) is 29.3 Å². The summed E-state index contributed by atoms with van der Waals surface area (Å²) in [4.78, 5) is 15.6. The van der Waals surface area contributed by atoms with Crippen molar-refractivity contribution in [2.75, 3.05) is 31.1 Å². The van der Waals surface area contributed by atoms with Crippen molar-refractivity contribution in [2.45, 2.75) is 45.7 Å². The van der Waals surface area contributed by atoms with Crippen LogP contribution in [0.15, 0.2) is 18.2 Å².